The Morgan fingerprint density at radius 2 is 2.33 bits per heavy atom. The van der Waals surface area contributed by atoms with Gasteiger partial charge >= 0.3 is 0 Å². The van der Waals surface area contributed by atoms with Gasteiger partial charge in [-0.15, -0.1) is 0 Å². The first-order valence-corrected chi connectivity index (χ1v) is 2.52. The first-order valence-electron chi connectivity index (χ1n) is 3.64. The highest BCUT2D eigenvalue weighted by Crippen LogP contribution is 2.06. The van der Waals surface area contributed by atoms with Gasteiger partial charge in [-0.2, -0.15) is 0 Å². The number of hydrogen-bond donors (Lipinski definition) is 0. The average Bonchev–Trinajstić information content (AvgIpc) is 1.91. The SMILES string of the molecule is [2H]C([2H])([2H])Oc1cnc(Cl)nc1. The second-order valence-corrected chi connectivity index (χ2v) is 1.63. The number of nitrogens with zero attached hydrogens (tertiary/aromatic N) is 2. The van der Waals surface area contributed by atoms with Gasteiger partial charge in [0, 0.05) is 0 Å². The van der Waals surface area contributed by atoms with E-state index in [-0.39, 0.29) is 11.0 Å². The van der Waals surface area contributed by atoms with Gasteiger partial charge in [0.05, 0.1) is 23.5 Å². The van der Waals surface area contributed by atoms with Crippen LogP contribution in [0.5, 0.6) is 5.75 Å². The fourth-order valence-electron chi connectivity index (χ4n) is 0.353. The monoisotopic (exact) mass is 147 g/mol. The van der Waals surface area contributed by atoms with E-state index in [9.17, 15) is 0 Å². The second kappa shape index (κ2) is 2.64. The van der Waals surface area contributed by atoms with Gasteiger partial charge in [0.15, 0.2) is 5.75 Å². The van der Waals surface area contributed by atoms with Crippen LogP contribution in [0.3, 0.4) is 0 Å². The average molecular weight is 148 g/mol. The molecule has 0 aliphatic carbocycles. The zero-order chi connectivity index (χ0) is 9.19. The van der Waals surface area contributed by atoms with E-state index in [1.165, 1.54) is 12.4 Å². The lowest BCUT2D eigenvalue weighted by Gasteiger charge is -1.94. The summed E-state index contributed by atoms with van der Waals surface area (Å²) in [7, 11) is -2.48. The number of rotatable bonds is 1. The van der Waals surface area contributed by atoms with Crippen LogP contribution in [0.2, 0.25) is 5.28 Å². The van der Waals surface area contributed by atoms with E-state index in [1.54, 1.807) is 0 Å². The van der Waals surface area contributed by atoms with Gasteiger partial charge in [-0.1, -0.05) is 0 Å². The molecule has 0 spiro atoms. The van der Waals surface area contributed by atoms with Crippen LogP contribution < -0.4 is 4.74 Å². The van der Waals surface area contributed by atoms with Crippen LogP contribution in [-0.4, -0.2) is 17.0 Å². The molecule has 48 valence electrons. The number of hydrogen-bond acceptors (Lipinski definition) is 3. The predicted octanol–water partition coefficient (Wildman–Crippen LogP) is 1.14. The van der Waals surface area contributed by atoms with Gasteiger partial charge in [-0.05, 0) is 11.6 Å². The summed E-state index contributed by atoms with van der Waals surface area (Å²) < 4.78 is 24.7. The number of methoxy groups -OCH3 is 1. The zero-order valence-electron chi connectivity index (χ0n) is 7.34. The maximum atomic E-state index is 6.75. The Morgan fingerprint density at radius 1 is 1.67 bits per heavy atom. The van der Waals surface area contributed by atoms with E-state index < -0.39 is 7.04 Å². The third-order valence-electron chi connectivity index (χ3n) is 0.714. The smallest absolute Gasteiger partial charge is 0.222 e. The largest absolute Gasteiger partial charge is 0.494 e. The summed E-state index contributed by atoms with van der Waals surface area (Å²) in [5.41, 5.74) is 0. The molecule has 0 atom stereocenters. The molecule has 0 unspecified atom stereocenters. The molecule has 3 nitrogen and oxygen atoms in total. The highest BCUT2D eigenvalue weighted by atomic mass is 35.5. The molecule has 1 aromatic rings. The summed E-state index contributed by atoms with van der Waals surface area (Å²) in [5.74, 6) is 0.0689. The molecule has 0 saturated heterocycles. The minimum absolute atomic E-state index is 0.0490. The zero-order valence-corrected chi connectivity index (χ0v) is 5.09. The fraction of sp³-hybridized carbons (Fsp3) is 0.200. The highest BCUT2D eigenvalue weighted by molar-refractivity contribution is 6.28. The summed E-state index contributed by atoms with van der Waals surface area (Å²) in [4.78, 5) is 7.09. The summed E-state index contributed by atoms with van der Waals surface area (Å²) in [5, 5.41) is 0.0490. The van der Waals surface area contributed by atoms with Crippen LogP contribution >= 0.6 is 11.6 Å². The molecule has 4 heteroatoms. The fourth-order valence-corrected chi connectivity index (χ4v) is 0.451. The number of halogens is 1. The Hall–Kier alpha value is -0.830. The molecule has 0 radical (unpaired) electrons. The first kappa shape index (κ1) is 3.37. The van der Waals surface area contributed by atoms with E-state index in [4.69, 9.17) is 15.7 Å². The number of ether oxygens (including phenoxy) is 1. The molecule has 0 amide bonds. The van der Waals surface area contributed by atoms with Gasteiger partial charge in [0.1, 0.15) is 0 Å². The predicted molar refractivity (Wildman–Crippen MR) is 33.6 cm³/mol. The van der Waals surface area contributed by atoms with Crippen LogP contribution in [0, 0.1) is 0 Å². The van der Waals surface area contributed by atoms with Crippen molar-refractivity contribution in [1.29, 1.82) is 0 Å². The van der Waals surface area contributed by atoms with Gasteiger partial charge < -0.3 is 4.74 Å². The van der Waals surface area contributed by atoms with Gasteiger partial charge in [0.2, 0.25) is 5.28 Å². The Bertz CT molecular complexity index is 260. The van der Waals surface area contributed by atoms with Crippen molar-refractivity contribution in [2.45, 2.75) is 0 Å². The Labute approximate surface area is 61.9 Å². The minimum Gasteiger partial charge on any atom is -0.494 e. The number of aromatic nitrogens is 2. The van der Waals surface area contributed by atoms with E-state index in [2.05, 4.69) is 14.7 Å². The van der Waals surface area contributed by atoms with Crippen molar-refractivity contribution in [2.24, 2.45) is 0 Å². The standard InChI is InChI=1S/C5H5ClN2O/c1-9-4-2-7-5(6)8-3-4/h2-3H,1H3/i1D3. The molecule has 1 aromatic heterocycles. The lowest BCUT2D eigenvalue weighted by atomic mass is 10.6. The molecular formula is C5H5ClN2O. The molecule has 0 bridgehead atoms. The summed E-state index contributed by atoms with van der Waals surface area (Å²) in [6.07, 6.45) is 2.39. The topological polar surface area (TPSA) is 35.0 Å². The van der Waals surface area contributed by atoms with Gasteiger partial charge in [0.25, 0.3) is 0 Å². The molecule has 1 rings (SSSR count). The van der Waals surface area contributed by atoms with Crippen LogP contribution in [0.25, 0.3) is 0 Å². The van der Waals surface area contributed by atoms with Crippen molar-refractivity contribution >= 4 is 11.6 Å². The quantitative estimate of drug-likeness (QED) is 0.559. The molecule has 1 heterocycles. The second-order valence-electron chi connectivity index (χ2n) is 1.29. The molecular weight excluding hydrogens is 140 g/mol. The van der Waals surface area contributed by atoms with Crippen LogP contribution in [-0.2, 0) is 0 Å². The summed E-state index contributed by atoms with van der Waals surface area (Å²) in [6.45, 7) is 0. The Balaban J connectivity index is 2.71. The third-order valence-corrected chi connectivity index (χ3v) is 0.910. The molecule has 0 fully saturated rings. The molecule has 0 aliphatic heterocycles. The van der Waals surface area contributed by atoms with Crippen LogP contribution in [0.1, 0.15) is 4.11 Å². The van der Waals surface area contributed by atoms with Crippen LogP contribution in [0.4, 0.5) is 0 Å². The highest BCUT2D eigenvalue weighted by Gasteiger charge is 1.90. The molecule has 0 N–H and O–H groups in total. The Kier molecular flexibility index (Phi) is 0.987. The van der Waals surface area contributed by atoms with Gasteiger partial charge in [-0.3, -0.25) is 0 Å². The van der Waals surface area contributed by atoms with Crippen molar-refractivity contribution in [3.8, 4) is 5.75 Å². The minimum atomic E-state index is -2.48. The van der Waals surface area contributed by atoms with Crippen LogP contribution in [0.15, 0.2) is 12.4 Å². The molecule has 0 saturated carbocycles. The normalized spacial score (nSPS) is 15.4. The maximum absolute atomic E-state index is 6.75. The van der Waals surface area contributed by atoms with Crippen molar-refractivity contribution in [1.82, 2.24) is 9.97 Å². The van der Waals surface area contributed by atoms with Crippen molar-refractivity contribution < 1.29 is 8.85 Å². The lowest BCUT2D eigenvalue weighted by molar-refractivity contribution is 0.410. The van der Waals surface area contributed by atoms with Crippen molar-refractivity contribution in [3.63, 3.8) is 0 Å². The van der Waals surface area contributed by atoms with Crippen molar-refractivity contribution in [2.75, 3.05) is 7.04 Å². The first-order chi connectivity index (χ1) is 5.47. The maximum Gasteiger partial charge on any atom is 0.222 e. The van der Waals surface area contributed by atoms with Gasteiger partial charge in [-0.25, -0.2) is 9.97 Å². The summed E-state index contributed by atoms with van der Waals surface area (Å²) in [6, 6.07) is 0. The molecule has 0 aromatic carbocycles. The van der Waals surface area contributed by atoms with E-state index >= 15 is 0 Å². The summed E-state index contributed by atoms with van der Waals surface area (Å²) >= 11 is 5.36. The van der Waals surface area contributed by atoms with E-state index in [0.29, 0.717) is 0 Å². The lowest BCUT2D eigenvalue weighted by Crippen LogP contribution is -1.85. The molecule has 0 aliphatic rings. The van der Waals surface area contributed by atoms with Crippen molar-refractivity contribution in [3.05, 3.63) is 17.7 Å². The van der Waals surface area contributed by atoms with E-state index in [0.717, 1.165) is 0 Å². The third kappa shape index (κ3) is 1.54. The Morgan fingerprint density at radius 3 is 2.89 bits per heavy atom. The molecule has 9 heavy (non-hydrogen) atoms. The van der Waals surface area contributed by atoms with E-state index in [1.807, 2.05) is 0 Å².